The summed E-state index contributed by atoms with van der Waals surface area (Å²) < 4.78 is 7.93. The van der Waals surface area contributed by atoms with Crippen molar-refractivity contribution in [2.24, 2.45) is 23.9 Å². The van der Waals surface area contributed by atoms with Gasteiger partial charge in [-0.15, -0.1) is 0 Å². The minimum Gasteiger partial charge on any atom is -0.373 e. The Morgan fingerprint density at radius 1 is 1.28 bits per heavy atom. The number of aromatic nitrogens is 2. The first-order valence-electron chi connectivity index (χ1n) is 10.9. The molecular formula is C23H33N5O. The van der Waals surface area contributed by atoms with E-state index in [4.69, 9.17) is 9.73 Å². The summed E-state index contributed by atoms with van der Waals surface area (Å²) in [7, 11) is 1.98. The number of benzene rings is 1. The van der Waals surface area contributed by atoms with Crippen LogP contribution in [0.2, 0.25) is 0 Å². The fourth-order valence-electron chi connectivity index (χ4n) is 4.56. The molecule has 0 aliphatic carbocycles. The Morgan fingerprint density at radius 2 is 2.14 bits per heavy atom. The van der Waals surface area contributed by atoms with Gasteiger partial charge in [0.1, 0.15) is 0 Å². The first-order valence-corrected chi connectivity index (χ1v) is 10.9. The van der Waals surface area contributed by atoms with E-state index in [1.54, 1.807) is 0 Å². The smallest absolute Gasteiger partial charge is 0.193 e. The summed E-state index contributed by atoms with van der Waals surface area (Å²) in [6.45, 7) is 6.80. The van der Waals surface area contributed by atoms with E-state index < -0.39 is 0 Å². The number of ether oxygens (including phenoxy) is 1. The highest BCUT2D eigenvalue weighted by atomic mass is 16.5. The first kappa shape index (κ1) is 20.0. The van der Waals surface area contributed by atoms with Gasteiger partial charge in [-0.1, -0.05) is 30.3 Å². The SMILES string of the molecule is CCNC(=NCC1CCOC1c1ccccc1)N1CCC(Cc2cnn(C)c2)C1. The van der Waals surface area contributed by atoms with Gasteiger partial charge >= 0.3 is 0 Å². The Labute approximate surface area is 174 Å². The molecule has 2 saturated heterocycles. The summed E-state index contributed by atoms with van der Waals surface area (Å²) in [5.41, 5.74) is 2.60. The zero-order chi connectivity index (χ0) is 20.1. The minimum atomic E-state index is 0.166. The molecule has 2 aliphatic heterocycles. The van der Waals surface area contributed by atoms with Gasteiger partial charge in [0, 0.05) is 51.9 Å². The highest BCUT2D eigenvalue weighted by Gasteiger charge is 2.30. The average Bonchev–Trinajstić information content (AvgIpc) is 3.48. The molecule has 0 spiro atoms. The van der Waals surface area contributed by atoms with Crippen molar-refractivity contribution < 1.29 is 4.74 Å². The summed E-state index contributed by atoms with van der Waals surface area (Å²) in [4.78, 5) is 7.46. The number of rotatable bonds is 6. The van der Waals surface area contributed by atoms with Crippen LogP contribution in [0.4, 0.5) is 0 Å². The molecule has 3 unspecified atom stereocenters. The van der Waals surface area contributed by atoms with Crippen LogP contribution in [-0.4, -0.2) is 53.4 Å². The van der Waals surface area contributed by atoms with Crippen molar-refractivity contribution >= 4 is 5.96 Å². The predicted octanol–water partition coefficient (Wildman–Crippen LogP) is 3.03. The molecule has 6 nitrogen and oxygen atoms in total. The largest absolute Gasteiger partial charge is 0.373 e. The third-order valence-corrected chi connectivity index (χ3v) is 6.02. The molecule has 1 N–H and O–H groups in total. The van der Waals surface area contributed by atoms with Gasteiger partial charge in [0.2, 0.25) is 0 Å². The summed E-state index contributed by atoms with van der Waals surface area (Å²) >= 11 is 0. The molecule has 29 heavy (non-hydrogen) atoms. The second-order valence-corrected chi connectivity index (χ2v) is 8.27. The lowest BCUT2D eigenvalue weighted by Crippen LogP contribution is -2.40. The lowest BCUT2D eigenvalue weighted by molar-refractivity contribution is 0.0925. The number of nitrogens with zero attached hydrogens (tertiary/aromatic N) is 4. The Bertz CT molecular complexity index is 803. The van der Waals surface area contributed by atoms with Crippen LogP contribution < -0.4 is 5.32 Å². The van der Waals surface area contributed by atoms with Crippen molar-refractivity contribution in [3.05, 3.63) is 53.9 Å². The van der Waals surface area contributed by atoms with Crippen LogP contribution in [0.1, 0.15) is 37.0 Å². The number of hydrogen-bond donors (Lipinski definition) is 1. The van der Waals surface area contributed by atoms with Crippen molar-refractivity contribution in [2.45, 2.75) is 32.3 Å². The topological polar surface area (TPSA) is 54.7 Å². The molecule has 3 heterocycles. The van der Waals surface area contributed by atoms with Crippen molar-refractivity contribution in [3.8, 4) is 0 Å². The normalized spacial score (nSPS) is 25.0. The fraction of sp³-hybridized carbons (Fsp3) is 0.565. The second kappa shape index (κ2) is 9.44. The Morgan fingerprint density at radius 3 is 2.90 bits per heavy atom. The van der Waals surface area contributed by atoms with Gasteiger partial charge in [-0.05, 0) is 43.2 Å². The van der Waals surface area contributed by atoms with E-state index >= 15 is 0 Å². The van der Waals surface area contributed by atoms with Crippen molar-refractivity contribution in [1.29, 1.82) is 0 Å². The lowest BCUT2D eigenvalue weighted by Gasteiger charge is -2.23. The third-order valence-electron chi connectivity index (χ3n) is 6.02. The summed E-state index contributed by atoms with van der Waals surface area (Å²) in [5, 5.41) is 7.81. The van der Waals surface area contributed by atoms with Crippen molar-refractivity contribution in [2.75, 3.05) is 32.8 Å². The molecule has 156 valence electrons. The van der Waals surface area contributed by atoms with E-state index in [1.165, 1.54) is 17.5 Å². The molecule has 2 aromatic rings. The zero-order valence-corrected chi connectivity index (χ0v) is 17.6. The van der Waals surface area contributed by atoms with Gasteiger partial charge in [-0.3, -0.25) is 9.67 Å². The van der Waals surface area contributed by atoms with E-state index in [2.05, 4.69) is 58.8 Å². The predicted molar refractivity (Wildman–Crippen MR) is 116 cm³/mol. The highest BCUT2D eigenvalue weighted by Crippen LogP contribution is 2.34. The van der Waals surface area contributed by atoms with Crippen molar-refractivity contribution in [3.63, 3.8) is 0 Å². The van der Waals surface area contributed by atoms with Crippen LogP contribution in [0.15, 0.2) is 47.7 Å². The van der Waals surface area contributed by atoms with E-state index in [1.807, 2.05) is 17.9 Å². The molecular weight excluding hydrogens is 362 g/mol. The van der Waals surface area contributed by atoms with Gasteiger partial charge in [0.15, 0.2) is 5.96 Å². The standard InChI is InChI=1S/C23H33N5O/c1-3-24-23(28-11-9-18(17-28)13-19-14-26-27(2)16-19)25-15-21-10-12-29-22(21)20-7-5-4-6-8-20/h4-8,14,16,18,21-22H,3,9-13,15,17H2,1-2H3,(H,24,25). The zero-order valence-electron chi connectivity index (χ0n) is 17.6. The van der Waals surface area contributed by atoms with Crippen LogP contribution in [0, 0.1) is 11.8 Å². The molecule has 1 aromatic carbocycles. The first-order chi connectivity index (χ1) is 14.2. The van der Waals surface area contributed by atoms with E-state index in [9.17, 15) is 0 Å². The third kappa shape index (κ3) is 4.99. The Kier molecular flexibility index (Phi) is 6.49. The number of guanidine groups is 1. The van der Waals surface area contributed by atoms with Crippen LogP contribution >= 0.6 is 0 Å². The van der Waals surface area contributed by atoms with Crippen LogP contribution in [0.3, 0.4) is 0 Å². The molecule has 2 aliphatic rings. The van der Waals surface area contributed by atoms with Gasteiger partial charge in [0.05, 0.1) is 12.3 Å². The fourth-order valence-corrected chi connectivity index (χ4v) is 4.56. The number of hydrogen-bond acceptors (Lipinski definition) is 3. The molecule has 1 aromatic heterocycles. The average molecular weight is 396 g/mol. The lowest BCUT2D eigenvalue weighted by atomic mass is 9.95. The summed E-state index contributed by atoms with van der Waals surface area (Å²) in [6, 6.07) is 10.6. The maximum Gasteiger partial charge on any atom is 0.193 e. The van der Waals surface area contributed by atoms with Crippen molar-refractivity contribution in [1.82, 2.24) is 20.0 Å². The highest BCUT2D eigenvalue weighted by molar-refractivity contribution is 5.80. The van der Waals surface area contributed by atoms with Gasteiger partial charge < -0.3 is 15.0 Å². The number of aliphatic imine (C=N–C) groups is 1. The van der Waals surface area contributed by atoms with Crippen LogP contribution in [-0.2, 0) is 18.2 Å². The molecule has 4 rings (SSSR count). The monoisotopic (exact) mass is 395 g/mol. The maximum absolute atomic E-state index is 6.04. The second-order valence-electron chi connectivity index (χ2n) is 8.27. The number of aryl methyl sites for hydroxylation is 1. The molecule has 6 heteroatoms. The molecule has 0 amide bonds. The number of nitrogens with one attached hydrogen (secondary N) is 1. The van der Waals surface area contributed by atoms with Gasteiger partial charge in [0.25, 0.3) is 0 Å². The number of likely N-dealkylation sites (tertiary alicyclic amines) is 1. The summed E-state index contributed by atoms with van der Waals surface area (Å²) in [6.07, 6.45) is 7.66. The summed E-state index contributed by atoms with van der Waals surface area (Å²) in [5.74, 6) is 2.16. The van der Waals surface area contributed by atoms with Gasteiger partial charge in [-0.25, -0.2) is 0 Å². The maximum atomic E-state index is 6.04. The van der Waals surface area contributed by atoms with E-state index in [0.29, 0.717) is 11.8 Å². The molecule has 3 atom stereocenters. The van der Waals surface area contributed by atoms with Gasteiger partial charge in [-0.2, -0.15) is 5.10 Å². The van der Waals surface area contributed by atoms with Crippen LogP contribution in [0.25, 0.3) is 0 Å². The molecule has 2 fully saturated rings. The minimum absolute atomic E-state index is 0.166. The quantitative estimate of drug-likeness (QED) is 0.603. The Hall–Kier alpha value is -2.34. The van der Waals surface area contributed by atoms with Crippen LogP contribution in [0.5, 0.6) is 0 Å². The Balaban J connectivity index is 1.37. The van der Waals surface area contributed by atoms with E-state index in [-0.39, 0.29) is 6.10 Å². The molecule has 0 saturated carbocycles. The van der Waals surface area contributed by atoms with E-state index in [0.717, 1.165) is 51.6 Å². The molecule has 0 radical (unpaired) electrons. The molecule has 0 bridgehead atoms.